The summed E-state index contributed by atoms with van der Waals surface area (Å²) in [4.78, 5) is 12.0. The van der Waals surface area contributed by atoms with Crippen molar-refractivity contribution in [3.63, 3.8) is 0 Å². The predicted octanol–water partition coefficient (Wildman–Crippen LogP) is 4.07. The lowest BCUT2D eigenvalue weighted by atomic mass is 10.1. The molecule has 0 saturated carbocycles. The molecule has 6 heteroatoms. The highest BCUT2D eigenvalue weighted by molar-refractivity contribution is 9.10. The molecule has 0 bridgehead atoms. The molecule has 0 radical (unpaired) electrons. The summed E-state index contributed by atoms with van der Waals surface area (Å²) in [6.07, 6.45) is 0. The number of rotatable bonds is 4. The molecular formula is C11H11BrCl3NO. The molecule has 1 N–H and O–H groups in total. The first-order valence-electron chi connectivity index (χ1n) is 4.81. The molecule has 0 unspecified atom stereocenters. The molecule has 17 heavy (non-hydrogen) atoms. The van der Waals surface area contributed by atoms with Gasteiger partial charge in [0, 0.05) is 26.8 Å². The maximum Gasteiger partial charge on any atom is 0.251 e. The average Bonchev–Trinajstić information content (AvgIpc) is 2.27. The van der Waals surface area contributed by atoms with Gasteiger partial charge in [-0.2, -0.15) is 0 Å². The summed E-state index contributed by atoms with van der Waals surface area (Å²) in [5, 5.41) is 3.27. The third-order valence-electron chi connectivity index (χ3n) is 2.13. The van der Waals surface area contributed by atoms with E-state index < -0.39 is 5.54 Å². The lowest BCUT2D eigenvalue weighted by Gasteiger charge is -2.25. The third-order valence-corrected chi connectivity index (χ3v) is 3.99. The van der Waals surface area contributed by atoms with Crippen molar-refractivity contribution in [3.05, 3.63) is 33.3 Å². The number of carbonyl (C=O) groups is 1. The second-order valence-electron chi connectivity index (χ2n) is 3.94. The number of amides is 1. The Morgan fingerprint density at radius 1 is 1.35 bits per heavy atom. The van der Waals surface area contributed by atoms with Crippen LogP contribution in [0.5, 0.6) is 0 Å². The van der Waals surface area contributed by atoms with Crippen molar-refractivity contribution in [1.29, 1.82) is 0 Å². The Bertz CT molecular complexity index is 401. The molecule has 0 spiro atoms. The first-order chi connectivity index (χ1) is 7.90. The quantitative estimate of drug-likeness (QED) is 0.807. The van der Waals surface area contributed by atoms with Crippen LogP contribution in [-0.4, -0.2) is 23.2 Å². The van der Waals surface area contributed by atoms with Crippen LogP contribution in [0.3, 0.4) is 0 Å². The van der Waals surface area contributed by atoms with E-state index >= 15 is 0 Å². The van der Waals surface area contributed by atoms with Gasteiger partial charge < -0.3 is 5.32 Å². The number of hydrogen-bond donors (Lipinski definition) is 1. The fourth-order valence-electron chi connectivity index (χ4n) is 1.13. The number of nitrogens with one attached hydrogen (secondary N) is 1. The summed E-state index contributed by atoms with van der Waals surface area (Å²) in [7, 11) is 0. The van der Waals surface area contributed by atoms with Gasteiger partial charge in [-0.3, -0.25) is 4.79 Å². The Balaban J connectivity index is 2.90. The molecular weight excluding hydrogens is 348 g/mol. The zero-order valence-corrected chi connectivity index (χ0v) is 12.9. The molecule has 2 nitrogen and oxygen atoms in total. The summed E-state index contributed by atoms with van der Waals surface area (Å²) in [6.45, 7) is 1.78. The summed E-state index contributed by atoms with van der Waals surface area (Å²) in [6, 6.07) is 4.98. The summed E-state index contributed by atoms with van der Waals surface area (Å²) in [5.74, 6) is 0.227. The van der Waals surface area contributed by atoms with E-state index in [9.17, 15) is 4.79 Å². The normalized spacial score (nSPS) is 11.4. The van der Waals surface area contributed by atoms with E-state index in [0.717, 1.165) is 4.47 Å². The summed E-state index contributed by atoms with van der Waals surface area (Å²) >= 11 is 20.7. The maximum absolute atomic E-state index is 12.0. The van der Waals surface area contributed by atoms with E-state index in [1.54, 1.807) is 25.1 Å². The molecule has 0 aliphatic rings. The molecule has 1 aromatic rings. The number of benzene rings is 1. The van der Waals surface area contributed by atoms with Crippen LogP contribution in [0.2, 0.25) is 5.02 Å². The summed E-state index contributed by atoms with van der Waals surface area (Å²) in [5.41, 5.74) is -0.166. The van der Waals surface area contributed by atoms with Gasteiger partial charge >= 0.3 is 0 Å². The van der Waals surface area contributed by atoms with Crippen molar-refractivity contribution in [3.8, 4) is 0 Å². The minimum Gasteiger partial charge on any atom is -0.344 e. The van der Waals surface area contributed by atoms with Crippen LogP contribution in [0.25, 0.3) is 0 Å². The van der Waals surface area contributed by atoms with Crippen LogP contribution in [0.15, 0.2) is 22.7 Å². The van der Waals surface area contributed by atoms with Crippen molar-refractivity contribution in [2.75, 3.05) is 11.8 Å². The molecule has 0 atom stereocenters. The number of alkyl halides is 2. The molecule has 0 aliphatic heterocycles. The maximum atomic E-state index is 12.0. The largest absolute Gasteiger partial charge is 0.344 e. The highest BCUT2D eigenvalue weighted by Crippen LogP contribution is 2.20. The van der Waals surface area contributed by atoms with E-state index in [2.05, 4.69) is 21.2 Å². The van der Waals surface area contributed by atoms with E-state index in [-0.39, 0.29) is 17.7 Å². The van der Waals surface area contributed by atoms with Gasteiger partial charge in [0.05, 0.1) is 5.54 Å². The van der Waals surface area contributed by atoms with E-state index in [4.69, 9.17) is 34.8 Å². The van der Waals surface area contributed by atoms with E-state index in [0.29, 0.717) is 10.6 Å². The highest BCUT2D eigenvalue weighted by atomic mass is 79.9. The molecule has 1 aromatic carbocycles. The van der Waals surface area contributed by atoms with E-state index in [1.165, 1.54) is 0 Å². The van der Waals surface area contributed by atoms with Crippen molar-refractivity contribution in [1.82, 2.24) is 5.32 Å². The zero-order chi connectivity index (χ0) is 13.1. The van der Waals surface area contributed by atoms with Gasteiger partial charge in [-0.05, 0) is 25.1 Å². The average molecular weight is 359 g/mol. The lowest BCUT2D eigenvalue weighted by molar-refractivity contribution is 0.0921. The van der Waals surface area contributed by atoms with Crippen molar-refractivity contribution < 1.29 is 4.79 Å². The highest BCUT2D eigenvalue weighted by Gasteiger charge is 2.25. The molecule has 1 amide bonds. The van der Waals surface area contributed by atoms with Gasteiger partial charge in [-0.1, -0.05) is 27.5 Å². The Labute approximate surface area is 124 Å². The SMILES string of the molecule is CC(CCl)(CCl)NC(=O)c1cc(Cl)cc(Br)c1. The first kappa shape index (κ1) is 15.1. The Kier molecular flexibility index (Phi) is 5.58. The van der Waals surface area contributed by atoms with Crippen LogP contribution in [0, 0.1) is 0 Å². The number of halogens is 4. The minimum atomic E-state index is -0.630. The van der Waals surface area contributed by atoms with Crippen molar-refractivity contribution >= 4 is 56.6 Å². The standard InChI is InChI=1S/C11H11BrCl3NO/c1-11(5-13,6-14)16-10(17)7-2-8(12)4-9(15)3-7/h2-4H,5-6H2,1H3,(H,16,17). The monoisotopic (exact) mass is 357 g/mol. The third kappa shape index (κ3) is 4.32. The van der Waals surface area contributed by atoms with Crippen molar-refractivity contribution in [2.24, 2.45) is 0 Å². The Morgan fingerprint density at radius 2 is 1.94 bits per heavy atom. The molecule has 0 saturated heterocycles. The van der Waals surface area contributed by atoms with Crippen LogP contribution in [0.1, 0.15) is 17.3 Å². The second kappa shape index (κ2) is 6.28. The molecule has 0 aliphatic carbocycles. The van der Waals surface area contributed by atoms with Gasteiger partial charge in [0.1, 0.15) is 0 Å². The van der Waals surface area contributed by atoms with Crippen LogP contribution < -0.4 is 5.32 Å². The van der Waals surface area contributed by atoms with Gasteiger partial charge in [0.25, 0.3) is 5.91 Å². The lowest BCUT2D eigenvalue weighted by Crippen LogP contribution is -2.49. The smallest absolute Gasteiger partial charge is 0.251 e. The molecule has 0 fully saturated rings. The Morgan fingerprint density at radius 3 is 2.41 bits per heavy atom. The van der Waals surface area contributed by atoms with Gasteiger partial charge in [0.2, 0.25) is 0 Å². The molecule has 0 heterocycles. The molecule has 1 rings (SSSR count). The topological polar surface area (TPSA) is 29.1 Å². The summed E-state index contributed by atoms with van der Waals surface area (Å²) < 4.78 is 0.744. The van der Waals surface area contributed by atoms with Gasteiger partial charge in [0.15, 0.2) is 0 Å². The first-order valence-corrected chi connectivity index (χ1v) is 7.05. The van der Waals surface area contributed by atoms with Crippen molar-refractivity contribution in [2.45, 2.75) is 12.5 Å². The molecule has 94 valence electrons. The van der Waals surface area contributed by atoms with E-state index in [1.807, 2.05) is 0 Å². The van der Waals surface area contributed by atoms with Gasteiger partial charge in [-0.25, -0.2) is 0 Å². The number of hydrogen-bond acceptors (Lipinski definition) is 1. The van der Waals surface area contributed by atoms with Crippen LogP contribution in [0.4, 0.5) is 0 Å². The van der Waals surface area contributed by atoms with Crippen LogP contribution >= 0.6 is 50.7 Å². The fraction of sp³-hybridized carbons (Fsp3) is 0.364. The molecule has 0 aromatic heterocycles. The predicted molar refractivity (Wildman–Crippen MR) is 76.5 cm³/mol. The van der Waals surface area contributed by atoms with Crippen LogP contribution in [-0.2, 0) is 0 Å². The second-order valence-corrected chi connectivity index (χ2v) is 5.83. The zero-order valence-electron chi connectivity index (χ0n) is 9.07. The fourth-order valence-corrected chi connectivity index (χ4v) is 2.41. The minimum absolute atomic E-state index is 0.240. The number of carbonyl (C=O) groups excluding carboxylic acids is 1. The van der Waals surface area contributed by atoms with Gasteiger partial charge in [-0.15, -0.1) is 23.2 Å². The Hall–Kier alpha value is 0.0400.